The summed E-state index contributed by atoms with van der Waals surface area (Å²) in [5.41, 5.74) is 0. The molecule has 10 heavy (non-hydrogen) atoms. The third kappa shape index (κ3) is 0.968. The van der Waals surface area contributed by atoms with E-state index in [1.807, 2.05) is 0 Å². The molecule has 3 atom stereocenters. The molecule has 2 aliphatic rings. The van der Waals surface area contributed by atoms with Gasteiger partial charge in [-0.05, 0) is 31.1 Å². The van der Waals surface area contributed by atoms with Crippen molar-refractivity contribution >= 4 is 0 Å². The Hall–Kier alpha value is -0.0400. The van der Waals surface area contributed by atoms with Crippen LogP contribution in [0.3, 0.4) is 0 Å². The first-order valence-electron chi connectivity index (χ1n) is 4.51. The Morgan fingerprint density at radius 2 is 2.30 bits per heavy atom. The minimum atomic E-state index is 0.657. The summed E-state index contributed by atoms with van der Waals surface area (Å²) in [5, 5.41) is 0. The van der Waals surface area contributed by atoms with E-state index in [1.165, 1.54) is 25.7 Å². The third-order valence-corrected chi connectivity index (χ3v) is 3.13. The summed E-state index contributed by atoms with van der Waals surface area (Å²) in [5.74, 6) is 1.92. The topological polar surface area (TPSA) is 9.23 Å². The van der Waals surface area contributed by atoms with Crippen LogP contribution in [0.4, 0.5) is 0 Å². The molecule has 0 amide bonds. The molecule has 2 fully saturated rings. The number of hydrogen-bond acceptors (Lipinski definition) is 1. The van der Waals surface area contributed by atoms with E-state index in [1.54, 1.807) is 0 Å². The molecule has 1 heterocycles. The van der Waals surface area contributed by atoms with E-state index in [2.05, 4.69) is 6.92 Å². The summed E-state index contributed by atoms with van der Waals surface area (Å²) in [7, 11) is 0. The number of fused-ring (bicyclic) bond motifs is 1. The highest BCUT2D eigenvalue weighted by atomic mass is 16.5. The Kier molecular flexibility index (Phi) is 1.69. The monoisotopic (exact) mass is 140 g/mol. The van der Waals surface area contributed by atoms with E-state index in [4.69, 9.17) is 4.74 Å². The molecule has 1 saturated carbocycles. The van der Waals surface area contributed by atoms with Crippen molar-refractivity contribution in [3.63, 3.8) is 0 Å². The smallest absolute Gasteiger partial charge is 0.0606 e. The molecule has 0 radical (unpaired) electrons. The first-order chi connectivity index (χ1) is 4.90. The molecule has 0 aromatic heterocycles. The summed E-state index contributed by atoms with van der Waals surface area (Å²) in [6.45, 7) is 3.33. The molecule has 1 nitrogen and oxygen atoms in total. The second kappa shape index (κ2) is 2.54. The summed E-state index contributed by atoms with van der Waals surface area (Å²) < 4.78 is 5.61. The first kappa shape index (κ1) is 6.66. The van der Waals surface area contributed by atoms with E-state index in [0.717, 1.165) is 18.4 Å². The van der Waals surface area contributed by atoms with Gasteiger partial charge in [0, 0.05) is 6.61 Å². The first-order valence-corrected chi connectivity index (χ1v) is 4.51. The SMILES string of the molecule is CCC1CC2CCOC2C1. The predicted molar refractivity (Wildman–Crippen MR) is 40.9 cm³/mol. The van der Waals surface area contributed by atoms with Gasteiger partial charge in [-0.15, -0.1) is 0 Å². The lowest BCUT2D eigenvalue weighted by molar-refractivity contribution is 0.0982. The summed E-state index contributed by atoms with van der Waals surface area (Å²) in [6, 6.07) is 0. The maximum atomic E-state index is 5.61. The van der Waals surface area contributed by atoms with Crippen molar-refractivity contribution in [2.24, 2.45) is 11.8 Å². The van der Waals surface area contributed by atoms with Gasteiger partial charge in [0.2, 0.25) is 0 Å². The third-order valence-electron chi connectivity index (χ3n) is 3.13. The van der Waals surface area contributed by atoms with E-state index in [9.17, 15) is 0 Å². The van der Waals surface area contributed by atoms with Crippen LogP contribution in [0.25, 0.3) is 0 Å². The van der Waals surface area contributed by atoms with Gasteiger partial charge >= 0.3 is 0 Å². The summed E-state index contributed by atoms with van der Waals surface area (Å²) >= 11 is 0. The zero-order valence-electron chi connectivity index (χ0n) is 6.68. The molecule has 3 unspecified atom stereocenters. The summed E-state index contributed by atoms with van der Waals surface area (Å²) in [6.07, 6.45) is 6.14. The van der Waals surface area contributed by atoms with Crippen LogP contribution in [0, 0.1) is 11.8 Å². The van der Waals surface area contributed by atoms with Gasteiger partial charge in [0.15, 0.2) is 0 Å². The number of hydrogen-bond donors (Lipinski definition) is 0. The molecule has 0 N–H and O–H groups in total. The highest BCUT2D eigenvalue weighted by Gasteiger charge is 2.37. The van der Waals surface area contributed by atoms with Gasteiger partial charge in [0.1, 0.15) is 0 Å². The van der Waals surface area contributed by atoms with Crippen molar-refractivity contribution in [2.75, 3.05) is 6.61 Å². The Balaban J connectivity index is 1.94. The lowest BCUT2D eigenvalue weighted by Gasteiger charge is -2.05. The van der Waals surface area contributed by atoms with E-state index < -0.39 is 0 Å². The van der Waals surface area contributed by atoms with Crippen LogP contribution in [0.15, 0.2) is 0 Å². The average molecular weight is 140 g/mol. The minimum Gasteiger partial charge on any atom is -0.378 e. The Bertz CT molecular complexity index is 110. The van der Waals surface area contributed by atoms with Crippen LogP contribution in [0.5, 0.6) is 0 Å². The normalized spacial score (nSPS) is 45.9. The highest BCUT2D eigenvalue weighted by Crippen LogP contribution is 2.40. The van der Waals surface area contributed by atoms with Crippen LogP contribution in [-0.2, 0) is 4.74 Å². The van der Waals surface area contributed by atoms with Crippen LogP contribution in [0.2, 0.25) is 0 Å². The Morgan fingerprint density at radius 1 is 1.40 bits per heavy atom. The van der Waals surface area contributed by atoms with Crippen molar-refractivity contribution in [3.8, 4) is 0 Å². The van der Waals surface area contributed by atoms with Gasteiger partial charge < -0.3 is 4.74 Å². The summed E-state index contributed by atoms with van der Waals surface area (Å²) in [4.78, 5) is 0. The van der Waals surface area contributed by atoms with Crippen molar-refractivity contribution < 1.29 is 4.74 Å². The van der Waals surface area contributed by atoms with Crippen molar-refractivity contribution in [2.45, 2.75) is 38.7 Å². The molecular formula is C9H16O. The van der Waals surface area contributed by atoms with Crippen molar-refractivity contribution in [3.05, 3.63) is 0 Å². The lowest BCUT2D eigenvalue weighted by Crippen LogP contribution is -2.06. The predicted octanol–water partition coefficient (Wildman–Crippen LogP) is 2.21. The second-order valence-electron chi connectivity index (χ2n) is 3.70. The van der Waals surface area contributed by atoms with Gasteiger partial charge in [-0.3, -0.25) is 0 Å². The molecule has 58 valence electrons. The Morgan fingerprint density at radius 3 is 3.00 bits per heavy atom. The molecule has 0 aromatic carbocycles. The van der Waals surface area contributed by atoms with E-state index in [0.29, 0.717) is 6.10 Å². The van der Waals surface area contributed by atoms with Crippen molar-refractivity contribution in [1.29, 1.82) is 0 Å². The number of ether oxygens (including phenoxy) is 1. The average Bonchev–Trinajstić information content (AvgIpc) is 2.42. The van der Waals surface area contributed by atoms with Crippen molar-refractivity contribution in [1.82, 2.24) is 0 Å². The molecule has 1 saturated heterocycles. The second-order valence-corrected chi connectivity index (χ2v) is 3.70. The molecule has 0 aromatic rings. The molecule has 1 aliphatic carbocycles. The fourth-order valence-electron chi connectivity index (χ4n) is 2.41. The van der Waals surface area contributed by atoms with Crippen LogP contribution in [0.1, 0.15) is 32.6 Å². The molecule has 0 bridgehead atoms. The Labute approximate surface area is 62.8 Å². The van der Waals surface area contributed by atoms with Crippen LogP contribution < -0.4 is 0 Å². The lowest BCUT2D eigenvalue weighted by atomic mass is 10.0. The standard InChI is InChI=1S/C9H16O/c1-2-7-5-8-3-4-10-9(8)6-7/h7-9H,2-6H2,1H3. The highest BCUT2D eigenvalue weighted by molar-refractivity contribution is 4.86. The molecule has 1 heteroatoms. The largest absolute Gasteiger partial charge is 0.378 e. The van der Waals surface area contributed by atoms with E-state index >= 15 is 0 Å². The fraction of sp³-hybridized carbons (Fsp3) is 1.00. The van der Waals surface area contributed by atoms with Gasteiger partial charge in [0.05, 0.1) is 6.10 Å². The maximum absolute atomic E-state index is 5.61. The van der Waals surface area contributed by atoms with E-state index in [-0.39, 0.29) is 0 Å². The molecule has 1 aliphatic heterocycles. The minimum absolute atomic E-state index is 0.657. The zero-order valence-corrected chi connectivity index (χ0v) is 6.68. The zero-order chi connectivity index (χ0) is 6.97. The maximum Gasteiger partial charge on any atom is 0.0606 e. The van der Waals surface area contributed by atoms with Crippen LogP contribution in [-0.4, -0.2) is 12.7 Å². The molecule has 2 rings (SSSR count). The van der Waals surface area contributed by atoms with Gasteiger partial charge in [0.25, 0.3) is 0 Å². The fourth-order valence-corrected chi connectivity index (χ4v) is 2.41. The number of rotatable bonds is 1. The van der Waals surface area contributed by atoms with Gasteiger partial charge in [-0.25, -0.2) is 0 Å². The molecule has 0 spiro atoms. The van der Waals surface area contributed by atoms with Crippen LogP contribution >= 0.6 is 0 Å². The van der Waals surface area contributed by atoms with Gasteiger partial charge in [-0.2, -0.15) is 0 Å². The molecular weight excluding hydrogens is 124 g/mol. The van der Waals surface area contributed by atoms with Gasteiger partial charge in [-0.1, -0.05) is 13.3 Å². The quantitative estimate of drug-likeness (QED) is 0.542.